The van der Waals surface area contributed by atoms with Gasteiger partial charge in [0.2, 0.25) is 5.69 Å². The topological polar surface area (TPSA) is 143 Å². The number of hydrogen-bond donors (Lipinski definition) is 2. The number of benzene rings is 2. The van der Waals surface area contributed by atoms with Crippen molar-refractivity contribution in [2.24, 2.45) is 0 Å². The summed E-state index contributed by atoms with van der Waals surface area (Å²) in [5.74, 6) is 0.847. The molecule has 5 rings (SSSR count). The monoisotopic (exact) mass is 855 g/mol. The van der Waals surface area contributed by atoms with Gasteiger partial charge in [0.05, 0.1) is 55.6 Å². The smallest absolute Gasteiger partial charge is 0.294 e. The summed E-state index contributed by atoms with van der Waals surface area (Å²) in [6.07, 6.45) is 14.2. The molecule has 0 bridgehead atoms. The molecule has 14 heteroatoms. The van der Waals surface area contributed by atoms with Crippen LogP contribution in [-0.2, 0) is 45.3 Å². The number of unbranched alkanes of at least 4 members (excludes halogenated alkanes) is 1. The summed E-state index contributed by atoms with van der Waals surface area (Å²) in [4.78, 5) is 1.88. The molecule has 0 amide bonds. The first-order chi connectivity index (χ1) is 27.7. The quantitative estimate of drug-likeness (QED) is 0.0624. The minimum Gasteiger partial charge on any atom is -0.493 e. The van der Waals surface area contributed by atoms with Crippen LogP contribution in [0, 0.1) is 0 Å². The number of allylic oxidation sites excluding steroid dienone is 7. The van der Waals surface area contributed by atoms with E-state index in [2.05, 4.69) is 82.5 Å². The summed E-state index contributed by atoms with van der Waals surface area (Å²) >= 11 is 0. The SMILES string of the molecule is CCCC[N+](C)(C)CCCOC1=C(/C=C/C2=[N+](CCOC)c3ccc(S(=O)(=O)O)cc3C2(C)C)CCC/C1=C\C=C1\N(CCOC)c2ccc(S(=O)(=O)O)cc2C1(C)C. The minimum absolute atomic E-state index is 0.138. The number of quaternary nitrogens is 1. The molecule has 2 heterocycles. The number of anilines is 1. The van der Waals surface area contributed by atoms with Gasteiger partial charge in [0, 0.05) is 61.7 Å². The molecule has 2 aliphatic heterocycles. The molecule has 2 aromatic rings. The second-order valence-electron chi connectivity index (χ2n) is 17.5. The predicted molar refractivity (Wildman–Crippen MR) is 233 cm³/mol. The van der Waals surface area contributed by atoms with Gasteiger partial charge >= 0.3 is 0 Å². The molecule has 0 fully saturated rings. The van der Waals surface area contributed by atoms with E-state index in [1.165, 1.54) is 18.6 Å². The first-order valence-electron chi connectivity index (χ1n) is 20.6. The van der Waals surface area contributed by atoms with E-state index in [1.807, 2.05) is 0 Å². The highest BCUT2D eigenvalue weighted by Crippen LogP contribution is 2.49. The summed E-state index contributed by atoms with van der Waals surface area (Å²) in [6.45, 7) is 15.1. The second-order valence-corrected chi connectivity index (χ2v) is 20.3. The van der Waals surface area contributed by atoms with E-state index in [-0.39, 0.29) is 9.79 Å². The van der Waals surface area contributed by atoms with Gasteiger partial charge in [0.25, 0.3) is 20.2 Å². The van der Waals surface area contributed by atoms with Gasteiger partial charge in [0.15, 0.2) is 12.3 Å². The summed E-state index contributed by atoms with van der Waals surface area (Å²) < 4.78 is 89.3. The summed E-state index contributed by atoms with van der Waals surface area (Å²) in [6, 6.07) is 9.51. The lowest BCUT2D eigenvalue weighted by atomic mass is 9.81. The first kappa shape index (κ1) is 46.4. The average Bonchev–Trinajstić information content (AvgIpc) is 3.52. The lowest BCUT2D eigenvalue weighted by Crippen LogP contribution is -2.41. The fraction of sp³-hybridized carbons (Fsp3) is 0.533. The van der Waals surface area contributed by atoms with Crippen molar-refractivity contribution < 1.29 is 49.2 Å². The van der Waals surface area contributed by atoms with Crippen LogP contribution in [0.2, 0.25) is 0 Å². The van der Waals surface area contributed by atoms with Crippen molar-refractivity contribution in [1.29, 1.82) is 0 Å². The third kappa shape index (κ3) is 10.5. The Morgan fingerprint density at radius 2 is 1.46 bits per heavy atom. The van der Waals surface area contributed by atoms with Crippen LogP contribution in [0.3, 0.4) is 0 Å². The van der Waals surface area contributed by atoms with Crippen LogP contribution in [0.25, 0.3) is 0 Å². The second kappa shape index (κ2) is 18.6. The molecular weight excluding hydrogens is 791 g/mol. The molecule has 0 radical (unpaired) electrons. The van der Waals surface area contributed by atoms with Crippen LogP contribution in [0.1, 0.15) is 84.3 Å². The van der Waals surface area contributed by atoms with Gasteiger partial charge in [-0.25, -0.2) is 0 Å². The molecule has 0 saturated heterocycles. The number of methoxy groups -OCH3 is 2. The van der Waals surface area contributed by atoms with E-state index in [0.717, 1.165) is 100 Å². The molecule has 0 aromatic heterocycles. The molecule has 2 N–H and O–H groups in total. The predicted octanol–water partition coefficient (Wildman–Crippen LogP) is 7.73. The largest absolute Gasteiger partial charge is 0.493 e. The van der Waals surface area contributed by atoms with Gasteiger partial charge in [0.1, 0.15) is 12.4 Å². The Morgan fingerprint density at radius 1 is 0.814 bits per heavy atom. The Hall–Kier alpha value is -3.63. The average molecular weight is 856 g/mol. The van der Waals surface area contributed by atoms with Gasteiger partial charge in [-0.15, -0.1) is 0 Å². The Balaban J connectivity index is 1.59. The fourth-order valence-electron chi connectivity index (χ4n) is 8.61. The maximum atomic E-state index is 12.2. The van der Waals surface area contributed by atoms with E-state index in [9.17, 15) is 25.9 Å². The first-order valence-corrected chi connectivity index (χ1v) is 23.5. The summed E-state index contributed by atoms with van der Waals surface area (Å²) in [5.41, 5.74) is 6.22. The maximum absolute atomic E-state index is 12.2. The molecule has 0 saturated carbocycles. The standard InChI is InChI=1S/C45H63N3O9S2/c1-10-11-26-48(6,7)27-13-28-57-43-33(16-22-41-44(2,3)37-31-35(58(49,50)51)18-20-39(37)46(41)24-29-55-8)14-12-15-34(43)17-23-42-45(4,5)38-32-36(59(52,53)54)19-21-40(38)47(42)25-30-56-9/h16-23,31-32H,10-15,24-30H2,1-9H3/p+2. The number of fused-ring (bicyclic) bond motifs is 2. The van der Waals surface area contributed by atoms with E-state index >= 15 is 0 Å². The van der Waals surface area contributed by atoms with Crippen molar-refractivity contribution >= 4 is 37.3 Å². The van der Waals surface area contributed by atoms with E-state index in [0.29, 0.717) is 32.9 Å². The van der Waals surface area contributed by atoms with Crippen LogP contribution >= 0.6 is 0 Å². The Bertz CT molecular complexity index is 2270. The van der Waals surface area contributed by atoms with Gasteiger partial charge in [-0.3, -0.25) is 9.11 Å². The molecule has 12 nitrogen and oxygen atoms in total. The van der Waals surface area contributed by atoms with Gasteiger partial charge < -0.3 is 23.6 Å². The van der Waals surface area contributed by atoms with Gasteiger partial charge in [-0.1, -0.05) is 33.3 Å². The van der Waals surface area contributed by atoms with Crippen LogP contribution < -0.4 is 4.90 Å². The third-order valence-corrected chi connectivity index (χ3v) is 13.7. The Kier molecular flexibility index (Phi) is 14.6. The van der Waals surface area contributed by atoms with Crippen LogP contribution in [0.15, 0.2) is 93.1 Å². The zero-order chi connectivity index (χ0) is 43.4. The number of nitrogens with zero attached hydrogens (tertiary/aromatic N) is 3. The molecule has 2 aromatic carbocycles. The molecule has 324 valence electrons. The maximum Gasteiger partial charge on any atom is 0.294 e. The van der Waals surface area contributed by atoms with Crippen molar-refractivity contribution in [2.75, 3.05) is 79.2 Å². The van der Waals surface area contributed by atoms with Crippen molar-refractivity contribution in [3.05, 3.63) is 94.4 Å². The van der Waals surface area contributed by atoms with E-state index < -0.39 is 31.1 Å². The molecule has 1 aliphatic carbocycles. The van der Waals surface area contributed by atoms with Crippen molar-refractivity contribution in [2.45, 2.75) is 93.8 Å². The normalized spacial score (nSPS) is 19.4. The zero-order valence-corrected chi connectivity index (χ0v) is 38.0. The lowest BCUT2D eigenvalue weighted by molar-refractivity contribution is -0.890. The minimum atomic E-state index is -4.40. The van der Waals surface area contributed by atoms with Crippen LogP contribution in [-0.4, -0.2) is 115 Å². The Labute approximate surface area is 352 Å². The highest BCUT2D eigenvalue weighted by atomic mass is 32.2. The zero-order valence-electron chi connectivity index (χ0n) is 36.4. The molecule has 59 heavy (non-hydrogen) atoms. The fourth-order valence-corrected chi connectivity index (χ4v) is 9.62. The van der Waals surface area contributed by atoms with E-state index in [1.54, 1.807) is 38.5 Å². The summed E-state index contributed by atoms with van der Waals surface area (Å²) in [5, 5.41) is 0. The number of rotatable bonds is 19. The van der Waals surface area contributed by atoms with Gasteiger partial charge in [-0.2, -0.15) is 21.4 Å². The van der Waals surface area contributed by atoms with Crippen molar-refractivity contribution in [3.8, 4) is 0 Å². The lowest BCUT2D eigenvalue weighted by Gasteiger charge is -2.30. The van der Waals surface area contributed by atoms with Crippen molar-refractivity contribution in [1.82, 2.24) is 0 Å². The van der Waals surface area contributed by atoms with Crippen LogP contribution in [0.4, 0.5) is 11.4 Å². The Morgan fingerprint density at radius 3 is 2.10 bits per heavy atom. The van der Waals surface area contributed by atoms with Crippen molar-refractivity contribution in [3.63, 3.8) is 0 Å². The molecule has 3 aliphatic rings. The highest BCUT2D eigenvalue weighted by molar-refractivity contribution is 7.86. The number of hydrogen-bond acceptors (Lipinski definition) is 8. The molecule has 0 spiro atoms. The number of ether oxygens (including phenoxy) is 3. The summed E-state index contributed by atoms with van der Waals surface area (Å²) in [7, 11) is -0.947. The molecule has 0 atom stereocenters. The van der Waals surface area contributed by atoms with Gasteiger partial charge in [-0.05, 0) is 98.7 Å². The van der Waals surface area contributed by atoms with Crippen LogP contribution in [0.5, 0.6) is 0 Å². The third-order valence-electron chi connectivity index (χ3n) is 12.0. The highest BCUT2D eigenvalue weighted by Gasteiger charge is 2.45. The van der Waals surface area contributed by atoms with E-state index in [4.69, 9.17) is 14.2 Å². The molecular formula is C45H65N3O9S2+2. The molecule has 0 unspecified atom stereocenters.